The molecule has 1 unspecified atom stereocenters. The second-order valence-electron chi connectivity index (χ2n) is 15.5. The lowest BCUT2D eigenvalue weighted by molar-refractivity contribution is -0.141. The lowest BCUT2D eigenvalue weighted by Crippen LogP contribution is -2.49. The van der Waals surface area contributed by atoms with Gasteiger partial charge in [0.1, 0.15) is 6.04 Å². The van der Waals surface area contributed by atoms with Gasteiger partial charge in [-0.2, -0.15) is 0 Å². The minimum atomic E-state index is -0.900. The molecule has 1 aliphatic heterocycles. The van der Waals surface area contributed by atoms with E-state index in [1.807, 2.05) is 42.7 Å². The Morgan fingerprint density at radius 1 is 0.939 bits per heavy atom. The number of thiophene rings is 1. The Balaban J connectivity index is 1.11. The van der Waals surface area contributed by atoms with Crippen molar-refractivity contribution in [1.82, 2.24) is 20.2 Å². The highest BCUT2D eigenvalue weighted by atomic mass is 32.1. The van der Waals surface area contributed by atoms with E-state index in [-0.39, 0.29) is 30.2 Å². The summed E-state index contributed by atoms with van der Waals surface area (Å²) in [6.45, 7) is 9.20. The maximum atomic E-state index is 13.7. The van der Waals surface area contributed by atoms with Crippen molar-refractivity contribution < 1.29 is 19.5 Å². The van der Waals surface area contributed by atoms with Crippen molar-refractivity contribution in [3.8, 4) is 11.4 Å². The first-order valence-electron chi connectivity index (χ1n) is 18.0. The van der Waals surface area contributed by atoms with Crippen LogP contribution in [0.3, 0.4) is 0 Å². The van der Waals surface area contributed by atoms with Gasteiger partial charge in [0, 0.05) is 47.9 Å². The summed E-state index contributed by atoms with van der Waals surface area (Å²) in [6.07, 6.45) is 16.0. The predicted molar refractivity (Wildman–Crippen MR) is 194 cm³/mol. The summed E-state index contributed by atoms with van der Waals surface area (Å²) in [5.41, 5.74) is 4.12. The average molecular weight is 683 g/mol. The minimum absolute atomic E-state index is 0.0877. The van der Waals surface area contributed by atoms with Crippen LogP contribution in [-0.4, -0.2) is 56.9 Å². The van der Waals surface area contributed by atoms with Crippen LogP contribution < -0.4 is 5.32 Å². The number of nitrogens with one attached hydrogen (secondary N) is 1. The van der Waals surface area contributed by atoms with Gasteiger partial charge in [0.05, 0.1) is 10.8 Å². The molecule has 260 valence electrons. The van der Waals surface area contributed by atoms with Gasteiger partial charge in [0.15, 0.2) is 5.82 Å². The topological polar surface area (TPSA) is 112 Å². The molecule has 3 atom stereocenters. The van der Waals surface area contributed by atoms with Gasteiger partial charge in [-0.05, 0) is 85.0 Å². The molecule has 1 saturated carbocycles. The number of carbonyl (C=O) groups is 3. The molecule has 9 heteroatoms. The molecule has 2 fully saturated rings. The van der Waals surface area contributed by atoms with E-state index in [9.17, 15) is 19.5 Å². The summed E-state index contributed by atoms with van der Waals surface area (Å²) in [7, 11) is 0. The number of benzene rings is 1. The Bertz CT molecular complexity index is 1670. The Kier molecular flexibility index (Phi) is 10.7. The van der Waals surface area contributed by atoms with Crippen LogP contribution in [0.2, 0.25) is 0 Å². The third-order valence-corrected chi connectivity index (χ3v) is 12.4. The molecule has 0 spiro atoms. The highest BCUT2D eigenvalue weighted by molar-refractivity contribution is 7.14. The lowest BCUT2D eigenvalue weighted by Gasteiger charge is -2.34. The molecule has 49 heavy (non-hydrogen) atoms. The molecule has 2 amide bonds. The monoisotopic (exact) mass is 682 g/mol. The number of amides is 2. The zero-order valence-electron chi connectivity index (χ0n) is 29.3. The van der Waals surface area contributed by atoms with E-state index in [0.29, 0.717) is 23.7 Å². The van der Waals surface area contributed by atoms with Crippen LogP contribution >= 0.6 is 11.3 Å². The second kappa shape index (κ2) is 15.0. The zero-order chi connectivity index (χ0) is 34.7. The molecule has 0 radical (unpaired) electrons. The van der Waals surface area contributed by atoms with Crippen molar-refractivity contribution in [2.24, 2.45) is 23.7 Å². The maximum Gasteiger partial charge on any atom is 0.308 e. The van der Waals surface area contributed by atoms with Gasteiger partial charge >= 0.3 is 5.97 Å². The summed E-state index contributed by atoms with van der Waals surface area (Å²) in [5, 5.41) is 12.5. The number of carboxylic acids is 1. The highest BCUT2D eigenvalue weighted by Gasteiger charge is 2.35. The molecule has 2 aromatic heterocycles. The maximum absolute atomic E-state index is 13.7. The van der Waals surface area contributed by atoms with E-state index >= 15 is 0 Å². The number of rotatable bonds is 9. The quantitative estimate of drug-likeness (QED) is 0.238. The van der Waals surface area contributed by atoms with Gasteiger partial charge in [0.2, 0.25) is 5.91 Å². The van der Waals surface area contributed by atoms with Crippen molar-refractivity contribution >= 4 is 34.7 Å². The fraction of sp³-hybridized carbons (Fsp3) is 0.525. The SMILES string of the molecule is CC(C)(C)c1ccc(C(=O)N[C@@H](Cc2ccc(-c3ncc(C4=CCC([C@H]5CC[C@H](C)CC5)CC4)cn3)cc2)C(=O)N2CC[C@H](C(=O)O)C2)s1. The van der Waals surface area contributed by atoms with Crippen LogP contribution in [0.15, 0.2) is 54.9 Å². The van der Waals surface area contributed by atoms with Crippen LogP contribution in [-0.2, 0) is 21.4 Å². The average Bonchev–Trinajstić information content (AvgIpc) is 3.81. The van der Waals surface area contributed by atoms with Gasteiger partial charge in [-0.25, -0.2) is 9.97 Å². The molecule has 6 rings (SSSR count). The van der Waals surface area contributed by atoms with Gasteiger partial charge < -0.3 is 15.3 Å². The van der Waals surface area contributed by atoms with E-state index in [1.165, 1.54) is 49.0 Å². The summed E-state index contributed by atoms with van der Waals surface area (Å²) in [4.78, 5) is 51.3. The zero-order valence-corrected chi connectivity index (χ0v) is 30.1. The molecule has 1 aromatic carbocycles. The molecular formula is C40H50N4O4S. The third kappa shape index (κ3) is 8.48. The fourth-order valence-electron chi connectivity index (χ4n) is 7.65. The number of nitrogens with zero attached hydrogens (tertiary/aromatic N) is 3. The third-order valence-electron chi connectivity index (χ3n) is 10.9. The molecule has 3 aliphatic rings. The van der Waals surface area contributed by atoms with Crippen LogP contribution in [0.4, 0.5) is 0 Å². The first-order chi connectivity index (χ1) is 23.4. The Morgan fingerprint density at radius 2 is 1.65 bits per heavy atom. The molecule has 2 aliphatic carbocycles. The van der Waals surface area contributed by atoms with Gasteiger partial charge in [-0.1, -0.05) is 70.9 Å². The molecule has 0 bridgehead atoms. The second-order valence-corrected chi connectivity index (χ2v) is 16.6. The van der Waals surface area contributed by atoms with Crippen molar-refractivity contribution in [2.75, 3.05) is 13.1 Å². The number of hydrogen-bond acceptors (Lipinski definition) is 6. The number of carbonyl (C=O) groups excluding carboxylic acids is 2. The molecule has 3 aromatic rings. The van der Waals surface area contributed by atoms with Crippen molar-refractivity contribution in [1.29, 1.82) is 0 Å². The van der Waals surface area contributed by atoms with Crippen LogP contribution in [0, 0.1) is 23.7 Å². The fourth-order valence-corrected chi connectivity index (χ4v) is 8.61. The number of allylic oxidation sites excluding steroid dienone is 2. The summed E-state index contributed by atoms with van der Waals surface area (Å²) < 4.78 is 0. The van der Waals surface area contributed by atoms with E-state index in [4.69, 9.17) is 9.97 Å². The summed E-state index contributed by atoms with van der Waals surface area (Å²) in [6, 6.07) is 10.7. The van der Waals surface area contributed by atoms with E-state index in [2.05, 4.69) is 39.1 Å². The van der Waals surface area contributed by atoms with E-state index in [0.717, 1.165) is 52.2 Å². The van der Waals surface area contributed by atoms with E-state index < -0.39 is 17.9 Å². The van der Waals surface area contributed by atoms with Gasteiger partial charge in [0.25, 0.3) is 5.91 Å². The van der Waals surface area contributed by atoms with Gasteiger partial charge in [-0.3, -0.25) is 14.4 Å². The highest BCUT2D eigenvalue weighted by Crippen LogP contribution is 2.41. The number of aromatic nitrogens is 2. The lowest BCUT2D eigenvalue weighted by atomic mass is 9.71. The number of hydrogen-bond donors (Lipinski definition) is 2. The Hall–Kier alpha value is -3.85. The van der Waals surface area contributed by atoms with Crippen LogP contribution in [0.25, 0.3) is 17.0 Å². The normalized spacial score (nSPS) is 23.5. The number of likely N-dealkylation sites (tertiary alicyclic amines) is 1. The largest absolute Gasteiger partial charge is 0.481 e. The first kappa shape index (κ1) is 35.0. The smallest absolute Gasteiger partial charge is 0.308 e. The number of carboxylic acid groups (broad SMARTS) is 1. The summed E-state index contributed by atoms with van der Waals surface area (Å²) >= 11 is 1.43. The summed E-state index contributed by atoms with van der Waals surface area (Å²) in [5.74, 6) is 1.18. The molecular weight excluding hydrogens is 633 g/mol. The van der Waals surface area contributed by atoms with Crippen LogP contribution in [0.5, 0.6) is 0 Å². The van der Waals surface area contributed by atoms with Gasteiger partial charge in [-0.15, -0.1) is 11.3 Å². The van der Waals surface area contributed by atoms with E-state index in [1.54, 1.807) is 11.0 Å². The molecule has 2 N–H and O–H groups in total. The first-order valence-corrected chi connectivity index (χ1v) is 18.8. The molecule has 8 nitrogen and oxygen atoms in total. The van der Waals surface area contributed by atoms with Crippen molar-refractivity contribution in [3.05, 3.63) is 75.7 Å². The number of aliphatic carboxylic acids is 1. The van der Waals surface area contributed by atoms with Crippen LogP contribution in [0.1, 0.15) is 105 Å². The predicted octanol–water partition coefficient (Wildman–Crippen LogP) is 7.79. The van der Waals surface area contributed by atoms with Crippen molar-refractivity contribution in [3.63, 3.8) is 0 Å². The minimum Gasteiger partial charge on any atom is -0.481 e. The Labute approximate surface area is 294 Å². The molecule has 3 heterocycles. The van der Waals surface area contributed by atoms with Crippen molar-refractivity contribution in [2.45, 2.75) is 96.9 Å². The Morgan fingerprint density at radius 3 is 2.24 bits per heavy atom. The molecule has 1 saturated heterocycles. The standard InChI is InChI=1S/C40H50N4O4S/c1-25-5-9-27(10-6-25)28-13-15-29(16-14-28)32-22-41-36(42-23-32)30-11-7-26(8-12-30)21-33(38(46)44-20-19-31(24-44)39(47)48)43-37(45)34-17-18-35(49-34)40(2,3)4/h7-8,11-12,15,17-18,22-23,25,27-28,31,33H,5-6,9-10,13-14,16,19-21,24H2,1-4H3,(H,43,45)(H,47,48)/t25-,27-,28?,31-,33-/m0/s1.